The molecule has 0 radical (unpaired) electrons. The predicted octanol–water partition coefficient (Wildman–Crippen LogP) is 3.52. The number of fused-ring (bicyclic) bond motifs is 2. The van der Waals surface area contributed by atoms with Crippen LogP contribution in [0.5, 0.6) is 0 Å². The second kappa shape index (κ2) is 6.96. The van der Waals surface area contributed by atoms with Crippen LogP contribution < -0.4 is 0 Å². The summed E-state index contributed by atoms with van der Waals surface area (Å²) in [5.74, 6) is -0.0335. The molecular formula is C22H19N3O2S. The zero-order valence-electron chi connectivity index (χ0n) is 15.2. The van der Waals surface area contributed by atoms with Crippen LogP contribution in [-0.2, 0) is 6.42 Å². The smallest absolute Gasteiger partial charge is 0.254 e. The number of aliphatic hydroxyl groups is 1. The Morgan fingerprint density at radius 1 is 1.11 bits per heavy atom. The van der Waals surface area contributed by atoms with Crippen molar-refractivity contribution in [1.82, 2.24) is 14.9 Å². The topological polar surface area (TPSA) is 66.3 Å². The molecule has 28 heavy (non-hydrogen) atoms. The number of rotatable bonds is 3. The van der Waals surface area contributed by atoms with Gasteiger partial charge < -0.3 is 10.0 Å². The molecule has 140 valence electrons. The van der Waals surface area contributed by atoms with Crippen molar-refractivity contribution in [2.45, 2.75) is 12.5 Å². The Balaban J connectivity index is 1.36. The van der Waals surface area contributed by atoms with E-state index in [9.17, 15) is 9.90 Å². The van der Waals surface area contributed by atoms with Gasteiger partial charge in [-0.1, -0.05) is 18.2 Å². The van der Waals surface area contributed by atoms with Gasteiger partial charge in [-0.15, -0.1) is 11.3 Å². The van der Waals surface area contributed by atoms with Gasteiger partial charge in [0, 0.05) is 36.2 Å². The van der Waals surface area contributed by atoms with E-state index in [1.807, 2.05) is 48.7 Å². The van der Waals surface area contributed by atoms with Gasteiger partial charge in [-0.3, -0.25) is 9.78 Å². The highest BCUT2D eigenvalue weighted by molar-refractivity contribution is 7.16. The Morgan fingerprint density at radius 3 is 2.93 bits per heavy atom. The van der Waals surface area contributed by atoms with Crippen molar-refractivity contribution in [3.05, 3.63) is 71.4 Å². The Morgan fingerprint density at radius 2 is 2.00 bits per heavy atom. The van der Waals surface area contributed by atoms with E-state index in [4.69, 9.17) is 0 Å². The molecular weight excluding hydrogens is 370 g/mol. The molecule has 2 aromatic carbocycles. The number of β-amino-alcohol motifs (C(OH)–C–C–N with tert-alkyl or cyclic N) is 1. The van der Waals surface area contributed by atoms with E-state index in [0.717, 1.165) is 33.1 Å². The van der Waals surface area contributed by atoms with Crippen LogP contribution in [0, 0.1) is 5.92 Å². The number of carbonyl (C=O) groups excluding carboxylic acids is 1. The fourth-order valence-corrected chi connectivity index (χ4v) is 4.67. The first-order valence-electron chi connectivity index (χ1n) is 9.32. The highest BCUT2D eigenvalue weighted by atomic mass is 32.1. The number of aromatic nitrogens is 2. The molecule has 0 bridgehead atoms. The van der Waals surface area contributed by atoms with Crippen molar-refractivity contribution in [1.29, 1.82) is 0 Å². The van der Waals surface area contributed by atoms with Crippen LogP contribution in [0.1, 0.15) is 15.9 Å². The first-order valence-corrected chi connectivity index (χ1v) is 10.2. The molecule has 2 aromatic heterocycles. The van der Waals surface area contributed by atoms with E-state index >= 15 is 0 Å². The summed E-state index contributed by atoms with van der Waals surface area (Å²) in [5.41, 5.74) is 5.37. The standard InChI is InChI=1S/C22H19N3O2S/c26-20-12-25(22(27)15-5-6-21-19(10-15)24-13-28-21)11-16(20)9-14-7-8-23-18-4-2-1-3-17(14)18/h1-8,10,13,16,20,26H,9,11-12H2/t16-,20-/m1/s1. The maximum Gasteiger partial charge on any atom is 0.254 e. The molecule has 4 aromatic rings. The van der Waals surface area contributed by atoms with Gasteiger partial charge >= 0.3 is 0 Å². The lowest BCUT2D eigenvalue weighted by molar-refractivity contribution is 0.0765. The first kappa shape index (κ1) is 17.3. The van der Waals surface area contributed by atoms with E-state index in [-0.39, 0.29) is 11.8 Å². The number of benzene rings is 2. The van der Waals surface area contributed by atoms with Crippen LogP contribution in [0.2, 0.25) is 0 Å². The lowest BCUT2D eigenvalue weighted by atomic mass is 9.94. The second-order valence-electron chi connectivity index (χ2n) is 7.26. The van der Waals surface area contributed by atoms with Gasteiger partial charge in [-0.2, -0.15) is 0 Å². The number of hydrogen-bond donors (Lipinski definition) is 1. The maximum atomic E-state index is 12.9. The van der Waals surface area contributed by atoms with E-state index in [2.05, 4.69) is 16.0 Å². The number of likely N-dealkylation sites (tertiary alicyclic amines) is 1. The molecule has 5 rings (SSSR count). The molecule has 1 N–H and O–H groups in total. The molecule has 5 nitrogen and oxygen atoms in total. The number of hydrogen-bond acceptors (Lipinski definition) is 5. The number of para-hydroxylation sites is 1. The monoisotopic (exact) mass is 389 g/mol. The van der Waals surface area contributed by atoms with Crippen molar-refractivity contribution in [2.24, 2.45) is 5.92 Å². The molecule has 0 unspecified atom stereocenters. The lowest BCUT2D eigenvalue weighted by Gasteiger charge is -2.17. The minimum atomic E-state index is -0.529. The third-order valence-electron chi connectivity index (χ3n) is 5.49. The van der Waals surface area contributed by atoms with Gasteiger partial charge in [0.05, 0.1) is 27.3 Å². The molecule has 6 heteroatoms. The Labute approximate surface area is 166 Å². The minimum Gasteiger partial charge on any atom is -0.391 e. The summed E-state index contributed by atoms with van der Waals surface area (Å²) in [5, 5.41) is 11.7. The molecule has 1 aliphatic rings. The number of nitrogens with zero attached hydrogens (tertiary/aromatic N) is 3. The molecule has 3 heterocycles. The van der Waals surface area contributed by atoms with Crippen LogP contribution >= 0.6 is 11.3 Å². The van der Waals surface area contributed by atoms with Crippen molar-refractivity contribution >= 4 is 38.4 Å². The van der Waals surface area contributed by atoms with Gasteiger partial charge in [0.15, 0.2) is 0 Å². The molecule has 1 amide bonds. The predicted molar refractivity (Wildman–Crippen MR) is 110 cm³/mol. The van der Waals surface area contributed by atoms with E-state index < -0.39 is 6.10 Å². The van der Waals surface area contributed by atoms with Crippen molar-refractivity contribution in [2.75, 3.05) is 13.1 Å². The summed E-state index contributed by atoms with van der Waals surface area (Å²) in [6.07, 6.45) is 2.00. The maximum absolute atomic E-state index is 12.9. The number of carbonyl (C=O) groups is 1. The van der Waals surface area contributed by atoms with Crippen molar-refractivity contribution < 1.29 is 9.90 Å². The molecule has 0 saturated carbocycles. The van der Waals surface area contributed by atoms with E-state index in [1.165, 1.54) is 0 Å². The molecule has 1 aliphatic heterocycles. The fourth-order valence-electron chi connectivity index (χ4n) is 4.01. The van der Waals surface area contributed by atoms with E-state index in [0.29, 0.717) is 18.7 Å². The van der Waals surface area contributed by atoms with Crippen molar-refractivity contribution in [3.8, 4) is 0 Å². The highest BCUT2D eigenvalue weighted by Gasteiger charge is 2.34. The summed E-state index contributed by atoms with van der Waals surface area (Å²) in [4.78, 5) is 23.4. The summed E-state index contributed by atoms with van der Waals surface area (Å²) in [6.45, 7) is 0.910. The highest BCUT2D eigenvalue weighted by Crippen LogP contribution is 2.27. The number of thiazole rings is 1. The van der Waals surface area contributed by atoms with Crippen LogP contribution in [0.15, 0.2) is 60.2 Å². The quantitative estimate of drug-likeness (QED) is 0.582. The van der Waals surface area contributed by atoms with Crippen LogP contribution in [0.4, 0.5) is 0 Å². The van der Waals surface area contributed by atoms with Gasteiger partial charge in [-0.05, 0) is 42.3 Å². The Kier molecular flexibility index (Phi) is 4.30. The third kappa shape index (κ3) is 3.04. The number of aliphatic hydroxyl groups excluding tert-OH is 1. The van der Waals surface area contributed by atoms with Crippen LogP contribution in [-0.4, -0.2) is 45.1 Å². The molecule has 0 spiro atoms. The average molecular weight is 389 g/mol. The summed E-state index contributed by atoms with van der Waals surface area (Å²) in [7, 11) is 0. The minimum absolute atomic E-state index is 0.0118. The average Bonchev–Trinajstić information content (AvgIpc) is 3.34. The van der Waals surface area contributed by atoms with Gasteiger partial charge in [-0.25, -0.2) is 4.98 Å². The normalized spacial score (nSPS) is 19.5. The molecule has 1 saturated heterocycles. The zero-order valence-corrected chi connectivity index (χ0v) is 16.0. The van der Waals surface area contributed by atoms with Crippen molar-refractivity contribution in [3.63, 3.8) is 0 Å². The van der Waals surface area contributed by atoms with E-state index in [1.54, 1.807) is 21.7 Å². The number of pyridine rings is 1. The molecule has 0 aliphatic carbocycles. The zero-order chi connectivity index (χ0) is 19.1. The lowest BCUT2D eigenvalue weighted by Crippen LogP contribution is -2.29. The third-order valence-corrected chi connectivity index (χ3v) is 6.30. The fraction of sp³-hybridized carbons (Fsp3) is 0.227. The number of amides is 1. The summed E-state index contributed by atoms with van der Waals surface area (Å²) >= 11 is 1.56. The van der Waals surface area contributed by atoms with Crippen LogP contribution in [0.3, 0.4) is 0 Å². The summed E-state index contributed by atoms with van der Waals surface area (Å²) in [6, 6.07) is 15.7. The van der Waals surface area contributed by atoms with Gasteiger partial charge in [0.1, 0.15) is 0 Å². The SMILES string of the molecule is O=C(c1ccc2scnc2c1)N1C[C@@H](Cc2ccnc3ccccc23)[C@H](O)C1. The Hall–Kier alpha value is -2.83. The second-order valence-corrected chi connectivity index (χ2v) is 8.15. The van der Waals surface area contributed by atoms with Gasteiger partial charge in [0.25, 0.3) is 5.91 Å². The van der Waals surface area contributed by atoms with Gasteiger partial charge in [0.2, 0.25) is 0 Å². The Bertz CT molecular complexity index is 1170. The first-order chi connectivity index (χ1) is 13.7. The summed E-state index contributed by atoms with van der Waals surface area (Å²) < 4.78 is 1.07. The largest absolute Gasteiger partial charge is 0.391 e. The molecule has 2 atom stereocenters. The van der Waals surface area contributed by atoms with Crippen LogP contribution in [0.25, 0.3) is 21.1 Å². The molecule has 1 fully saturated rings.